The second kappa shape index (κ2) is 8.30. The van der Waals surface area contributed by atoms with Gasteiger partial charge in [0.2, 0.25) is 0 Å². The highest BCUT2D eigenvalue weighted by Gasteiger charge is 2.25. The Kier molecular flexibility index (Phi) is 6.40. The van der Waals surface area contributed by atoms with Crippen LogP contribution < -0.4 is 0 Å². The lowest BCUT2D eigenvalue weighted by atomic mass is 10.0. The highest BCUT2D eigenvalue weighted by Crippen LogP contribution is 2.15. The summed E-state index contributed by atoms with van der Waals surface area (Å²) in [6.07, 6.45) is 4.47. The van der Waals surface area contributed by atoms with E-state index in [1.54, 1.807) is 0 Å². The normalized spacial score (nSPS) is 19.1. The first-order valence-corrected chi connectivity index (χ1v) is 8.17. The van der Waals surface area contributed by atoms with Crippen molar-refractivity contribution >= 4 is 5.78 Å². The molecule has 3 heteroatoms. The SMILES string of the molecule is CCC(C)OC(CN1CCCCC1)C(=O)c1ccccc1. The number of carbonyl (C=O) groups is 1. The van der Waals surface area contributed by atoms with Gasteiger partial charge in [-0.05, 0) is 39.3 Å². The molecule has 0 saturated carbocycles. The second-order valence-corrected chi connectivity index (χ2v) is 5.94. The molecule has 2 rings (SSSR count). The van der Waals surface area contributed by atoms with Crippen LogP contribution in [0, 0.1) is 0 Å². The van der Waals surface area contributed by atoms with E-state index in [4.69, 9.17) is 4.74 Å². The molecular weight excluding hydrogens is 262 g/mol. The van der Waals surface area contributed by atoms with Crippen LogP contribution in [0.2, 0.25) is 0 Å². The molecule has 1 heterocycles. The third kappa shape index (κ3) is 4.94. The summed E-state index contributed by atoms with van der Waals surface area (Å²) in [5.74, 6) is 0.112. The Morgan fingerprint density at radius 1 is 1.19 bits per heavy atom. The summed E-state index contributed by atoms with van der Waals surface area (Å²) in [4.78, 5) is 15.1. The van der Waals surface area contributed by atoms with Crippen molar-refractivity contribution in [3.63, 3.8) is 0 Å². The quantitative estimate of drug-likeness (QED) is 0.719. The molecule has 116 valence electrons. The molecule has 1 fully saturated rings. The molecule has 2 atom stereocenters. The summed E-state index contributed by atoms with van der Waals surface area (Å²) >= 11 is 0. The fourth-order valence-corrected chi connectivity index (χ4v) is 2.73. The zero-order valence-corrected chi connectivity index (χ0v) is 13.3. The predicted octanol–water partition coefficient (Wildman–Crippen LogP) is 3.54. The number of hydrogen-bond donors (Lipinski definition) is 0. The Bertz CT molecular complexity index is 426. The number of rotatable bonds is 7. The van der Waals surface area contributed by atoms with E-state index in [0.29, 0.717) is 0 Å². The molecule has 0 N–H and O–H groups in total. The van der Waals surface area contributed by atoms with Crippen LogP contribution in [-0.4, -0.2) is 42.5 Å². The average Bonchev–Trinajstić information content (AvgIpc) is 2.55. The Hall–Kier alpha value is -1.19. The zero-order valence-electron chi connectivity index (χ0n) is 13.3. The minimum absolute atomic E-state index is 0.112. The zero-order chi connectivity index (χ0) is 15.1. The predicted molar refractivity (Wildman–Crippen MR) is 85.7 cm³/mol. The van der Waals surface area contributed by atoms with Crippen LogP contribution in [0.4, 0.5) is 0 Å². The summed E-state index contributed by atoms with van der Waals surface area (Å²) in [7, 11) is 0. The number of carbonyl (C=O) groups excluding carboxylic acids is 1. The van der Waals surface area contributed by atoms with E-state index in [2.05, 4.69) is 11.8 Å². The van der Waals surface area contributed by atoms with Gasteiger partial charge < -0.3 is 9.64 Å². The van der Waals surface area contributed by atoms with Crippen molar-refractivity contribution in [2.24, 2.45) is 0 Å². The van der Waals surface area contributed by atoms with Gasteiger partial charge in [0.05, 0.1) is 6.10 Å². The van der Waals surface area contributed by atoms with Gasteiger partial charge in [0.15, 0.2) is 5.78 Å². The van der Waals surface area contributed by atoms with Gasteiger partial charge in [-0.15, -0.1) is 0 Å². The van der Waals surface area contributed by atoms with E-state index in [1.165, 1.54) is 19.3 Å². The van der Waals surface area contributed by atoms with E-state index in [1.807, 2.05) is 37.3 Å². The molecule has 3 nitrogen and oxygen atoms in total. The van der Waals surface area contributed by atoms with Gasteiger partial charge in [0, 0.05) is 12.1 Å². The molecule has 0 radical (unpaired) electrons. The lowest BCUT2D eigenvalue weighted by molar-refractivity contribution is -0.0131. The van der Waals surface area contributed by atoms with Gasteiger partial charge >= 0.3 is 0 Å². The topological polar surface area (TPSA) is 29.5 Å². The second-order valence-electron chi connectivity index (χ2n) is 5.94. The van der Waals surface area contributed by atoms with Crippen LogP contribution in [0.1, 0.15) is 49.9 Å². The summed E-state index contributed by atoms with van der Waals surface area (Å²) in [5.41, 5.74) is 0.753. The maximum atomic E-state index is 12.7. The van der Waals surface area contributed by atoms with Crippen LogP contribution in [0.3, 0.4) is 0 Å². The molecule has 21 heavy (non-hydrogen) atoms. The summed E-state index contributed by atoms with van der Waals surface area (Å²) in [6.45, 7) is 7.03. The first-order chi connectivity index (χ1) is 10.2. The number of nitrogens with zero attached hydrogens (tertiary/aromatic N) is 1. The molecular formula is C18H27NO2. The molecule has 1 aliphatic heterocycles. The largest absolute Gasteiger partial charge is 0.366 e. The number of Topliss-reactive ketones (excluding diaryl/α,β-unsaturated/α-hetero) is 1. The molecule has 1 aromatic carbocycles. The minimum Gasteiger partial charge on any atom is -0.366 e. The van der Waals surface area contributed by atoms with Gasteiger partial charge in [-0.1, -0.05) is 43.7 Å². The van der Waals surface area contributed by atoms with Gasteiger partial charge in [0.25, 0.3) is 0 Å². The first-order valence-electron chi connectivity index (χ1n) is 8.17. The Labute approximate surface area is 128 Å². The Morgan fingerprint density at radius 2 is 1.86 bits per heavy atom. The van der Waals surface area contributed by atoms with Crippen LogP contribution in [0.25, 0.3) is 0 Å². The highest BCUT2D eigenvalue weighted by atomic mass is 16.5. The lowest BCUT2D eigenvalue weighted by Gasteiger charge is -2.31. The molecule has 1 aromatic rings. The van der Waals surface area contributed by atoms with Gasteiger partial charge in [-0.3, -0.25) is 4.79 Å². The number of hydrogen-bond acceptors (Lipinski definition) is 3. The maximum Gasteiger partial charge on any atom is 0.192 e. The van der Waals surface area contributed by atoms with Gasteiger partial charge in [-0.25, -0.2) is 0 Å². The van der Waals surface area contributed by atoms with E-state index in [9.17, 15) is 4.79 Å². The van der Waals surface area contributed by atoms with Crippen molar-refractivity contribution in [1.29, 1.82) is 0 Å². The summed E-state index contributed by atoms with van der Waals surface area (Å²) in [6, 6.07) is 9.52. The van der Waals surface area contributed by atoms with Crippen LogP contribution in [0.5, 0.6) is 0 Å². The van der Waals surface area contributed by atoms with Crippen molar-refractivity contribution < 1.29 is 9.53 Å². The van der Waals surface area contributed by atoms with Crippen LogP contribution >= 0.6 is 0 Å². The Morgan fingerprint density at radius 3 is 2.48 bits per heavy atom. The molecule has 0 amide bonds. The fourth-order valence-electron chi connectivity index (χ4n) is 2.73. The molecule has 0 aromatic heterocycles. The number of piperidine rings is 1. The van der Waals surface area contributed by atoms with E-state index < -0.39 is 0 Å². The van der Waals surface area contributed by atoms with Gasteiger partial charge in [0.1, 0.15) is 6.10 Å². The van der Waals surface area contributed by atoms with Crippen molar-refractivity contribution in [2.75, 3.05) is 19.6 Å². The van der Waals surface area contributed by atoms with Crippen molar-refractivity contribution in [1.82, 2.24) is 4.90 Å². The Balaban J connectivity index is 2.05. The summed E-state index contributed by atoms with van der Waals surface area (Å²) < 4.78 is 6.03. The molecule has 0 spiro atoms. The lowest BCUT2D eigenvalue weighted by Crippen LogP contribution is -2.42. The number of ether oxygens (including phenoxy) is 1. The van der Waals surface area contributed by atoms with Crippen molar-refractivity contribution in [2.45, 2.75) is 51.7 Å². The van der Waals surface area contributed by atoms with Crippen LogP contribution in [0.15, 0.2) is 30.3 Å². The molecule has 1 saturated heterocycles. The number of ketones is 1. The standard InChI is InChI=1S/C18H27NO2/c1-3-15(2)21-17(14-19-12-8-5-9-13-19)18(20)16-10-6-4-7-11-16/h4,6-7,10-11,15,17H,3,5,8-9,12-14H2,1-2H3. The maximum absolute atomic E-state index is 12.7. The summed E-state index contributed by atoms with van der Waals surface area (Å²) in [5, 5.41) is 0. The highest BCUT2D eigenvalue weighted by molar-refractivity contribution is 5.99. The average molecular weight is 289 g/mol. The van der Waals surface area contributed by atoms with E-state index in [-0.39, 0.29) is 18.0 Å². The van der Waals surface area contributed by atoms with Crippen molar-refractivity contribution in [3.8, 4) is 0 Å². The fraction of sp³-hybridized carbons (Fsp3) is 0.611. The minimum atomic E-state index is -0.347. The number of benzene rings is 1. The van der Waals surface area contributed by atoms with Crippen molar-refractivity contribution in [3.05, 3.63) is 35.9 Å². The smallest absolute Gasteiger partial charge is 0.192 e. The monoisotopic (exact) mass is 289 g/mol. The van der Waals surface area contributed by atoms with E-state index in [0.717, 1.165) is 31.6 Å². The first kappa shape index (κ1) is 16.2. The molecule has 0 bridgehead atoms. The molecule has 1 aliphatic rings. The van der Waals surface area contributed by atoms with E-state index >= 15 is 0 Å². The molecule has 0 aliphatic carbocycles. The van der Waals surface area contributed by atoms with Gasteiger partial charge in [-0.2, -0.15) is 0 Å². The molecule has 2 unspecified atom stereocenters. The number of likely N-dealkylation sites (tertiary alicyclic amines) is 1. The third-order valence-corrected chi connectivity index (χ3v) is 4.19. The van der Waals surface area contributed by atoms with Crippen LogP contribution in [-0.2, 0) is 4.74 Å². The third-order valence-electron chi connectivity index (χ3n) is 4.19.